The number of aliphatic hydroxyl groups is 2. The molecule has 6 nitrogen and oxygen atoms in total. The van der Waals surface area contributed by atoms with E-state index >= 15 is 0 Å². The number of aliphatic hydroxyl groups excluding tert-OH is 2. The molecule has 0 rings (SSSR count). The van der Waals surface area contributed by atoms with E-state index in [1.54, 1.807) is 6.08 Å². The molecule has 0 bridgehead atoms. The van der Waals surface area contributed by atoms with Gasteiger partial charge < -0.3 is 19.7 Å². The molecule has 2 atom stereocenters. The van der Waals surface area contributed by atoms with Crippen LogP contribution in [-0.2, 0) is 19.1 Å². The smallest absolute Gasteiger partial charge is 0.306 e. The van der Waals surface area contributed by atoms with E-state index in [-0.39, 0.29) is 31.6 Å². The standard InChI is InChI=1S/C33H56O6/c1-3-5-7-9-12-16-20-24-30(35)25-21-17-14-11-15-18-22-26-32(36)38-29-31(28-34)39-33(37)27-23-19-13-10-8-6-4-2/h11-12,15-17,20-21,24,30-31,34-35H,3-10,13-14,18-19,22-23,25-29H2,1-2H3/b15-11+,16-12-,21-17-,24-20-/t30-,31+/m1/s1. The van der Waals surface area contributed by atoms with Gasteiger partial charge in [-0.2, -0.15) is 0 Å². The second kappa shape index (κ2) is 28.8. The van der Waals surface area contributed by atoms with Gasteiger partial charge in [-0.15, -0.1) is 0 Å². The van der Waals surface area contributed by atoms with Crippen molar-refractivity contribution >= 4 is 11.9 Å². The molecule has 6 heteroatoms. The van der Waals surface area contributed by atoms with Crippen molar-refractivity contribution in [3.63, 3.8) is 0 Å². The maximum absolute atomic E-state index is 12.0. The van der Waals surface area contributed by atoms with Crippen molar-refractivity contribution < 1.29 is 29.3 Å². The molecule has 0 fully saturated rings. The van der Waals surface area contributed by atoms with Crippen molar-refractivity contribution in [2.45, 2.75) is 135 Å². The van der Waals surface area contributed by atoms with Gasteiger partial charge in [-0.05, 0) is 44.9 Å². The molecule has 0 aliphatic rings. The highest BCUT2D eigenvalue weighted by Crippen LogP contribution is 2.10. The predicted molar refractivity (Wildman–Crippen MR) is 160 cm³/mol. The van der Waals surface area contributed by atoms with Crippen LogP contribution in [0.4, 0.5) is 0 Å². The monoisotopic (exact) mass is 548 g/mol. The summed E-state index contributed by atoms with van der Waals surface area (Å²) in [6, 6.07) is 0. The summed E-state index contributed by atoms with van der Waals surface area (Å²) in [6.07, 6.45) is 30.6. The van der Waals surface area contributed by atoms with Crippen LogP contribution in [0.1, 0.15) is 123 Å². The predicted octanol–water partition coefficient (Wildman–Crippen LogP) is 7.69. The second-order valence-electron chi connectivity index (χ2n) is 10.0. The van der Waals surface area contributed by atoms with Gasteiger partial charge in [0, 0.05) is 12.8 Å². The summed E-state index contributed by atoms with van der Waals surface area (Å²) in [7, 11) is 0. The Hall–Kier alpha value is -2.18. The Balaban J connectivity index is 3.82. The first-order chi connectivity index (χ1) is 19.0. The molecule has 0 spiro atoms. The SMILES string of the molecule is CCCCC/C=C\C=C/[C@@H](O)C/C=C\C/C=C/CCCC(=O)OC[C@H](CO)OC(=O)CCCCCCCCC. The molecule has 2 N–H and O–H groups in total. The number of hydrogen-bond donors (Lipinski definition) is 2. The number of carbonyl (C=O) groups is 2. The molecule has 0 amide bonds. The van der Waals surface area contributed by atoms with Crippen molar-refractivity contribution in [2.24, 2.45) is 0 Å². The van der Waals surface area contributed by atoms with Crippen molar-refractivity contribution in [3.8, 4) is 0 Å². The van der Waals surface area contributed by atoms with Gasteiger partial charge in [-0.1, -0.05) is 114 Å². The van der Waals surface area contributed by atoms with E-state index in [1.165, 1.54) is 44.9 Å². The quantitative estimate of drug-likeness (QED) is 0.0498. The molecule has 0 aromatic heterocycles. The fraction of sp³-hybridized carbons (Fsp3) is 0.697. The summed E-state index contributed by atoms with van der Waals surface area (Å²) in [5.41, 5.74) is 0. The molecule has 0 saturated carbocycles. The van der Waals surface area contributed by atoms with E-state index in [9.17, 15) is 19.8 Å². The Bertz CT molecular complexity index is 694. The van der Waals surface area contributed by atoms with E-state index in [2.05, 4.69) is 19.9 Å². The zero-order chi connectivity index (χ0) is 28.8. The van der Waals surface area contributed by atoms with Gasteiger partial charge in [0.05, 0.1) is 12.7 Å². The van der Waals surface area contributed by atoms with Crippen LogP contribution < -0.4 is 0 Å². The number of unbranched alkanes of at least 4 members (excludes halogenated alkanes) is 10. The maximum atomic E-state index is 12.0. The number of ether oxygens (including phenoxy) is 2. The Kier molecular flexibility index (Phi) is 27.2. The summed E-state index contributed by atoms with van der Waals surface area (Å²) in [5, 5.41) is 19.4. The fourth-order valence-corrected chi connectivity index (χ4v) is 3.80. The largest absolute Gasteiger partial charge is 0.462 e. The molecule has 0 radical (unpaired) electrons. The molecule has 0 heterocycles. The highest BCUT2D eigenvalue weighted by molar-refractivity contribution is 5.70. The Morgan fingerprint density at radius 3 is 2.10 bits per heavy atom. The minimum Gasteiger partial charge on any atom is -0.462 e. The highest BCUT2D eigenvalue weighted by atomic mass is 16.6. The Labute approximate surface area is 238 Å². The molecule has 0 aromatic rings. The van der Waals surface area contributed by atoms with Crippen molar-refractivity contribution in [2.75, 3.05) is 13.2 Å². The first kappa shape index (κ1) is 36.8. The summed E-state index contributed by atoms with van der Waals surface area (Å²) in [6.45, 7) is 3.90. The van der Waals surface area contributed by atoms with Gasteiger partial charge in [0.2, 0.25) is 0 Å². The molecule has 0 saturated heterocycles. The van der Waals surface area contributed by atoms with E-state index in [1.807, 2.05) is 36.5 Å². The number of esters is 2. The molecule has 0 aromatic carbocycles. The lowest BCUT2D eigenvalue weighted by Crippen LogP contribution is -2.28. The topological polar surface area (TPSA) is 93.1 Å². The van der Waals surface area contributed by atoms with Gasteiger partial charge >= 0.3 is 11.9 Å². The lowest BCUT2D eigenvalue weighted by Gasteiger charge is -2.15. The minimum absolute atomic E-state index is 0.116. The summed E-state index contributed by atoms with van der Waals surface area (Å²) in [4.78, 5) is 23.9. The van der Waals surface area contributed by atoms with E-state index < -0.39 is 12.2 Å². The number of allylic oxidation sites excluding steroid dienone is 6. The maximum Gasteiger partial charge on any atom is 0.306 e. The van der Waals surface area contributed by atoms with E-state index in [4.69, 9.17) is 9.47 Å². The lowest BCUT2D eigenvalue weighted by atomic mass is 10.1. The zero-order valence-electron chi connectivity index (χ0n) is 24.7. The van der Waals surface area contributed by atoms with Gasteiger partial charge in [0.15, 0.2) is 6.10 Å². The van der Waals surface area contributed by atoms with Crippen molar-refractivity contribution in [1.82, 2.24) is 0 Å². The zero-order valence-corrected chi connectivity index (χ0v) is 24.7. The van der Waals surface area contributed by atoms with Crippen LogP contribution in [0.3, 0.4) is 0 Å². The number of carbonyl (C=O) groups excluding carboxylic acids is 2. The Morgan fingerprint density at radius 1 is 0.718 bits per heavy atom. The van der Waals surface area contributed by atoms with Gasteiger partial charge in [-0.3, -0.25) is 9.59 Å². The normalized spacial score (nSPS) is 13.6. The minimum atomic E-state index is -0.807. The summed E-state index contributed by atoms with van der Waals surface area (Å²) >= 11 is 0. The molecule has 0 aliphatic carbocycles. The van der Waals surface area contributed by atoms with Crippen molar-refractivity contribution in [3.05, 3.63) is 48.6 Å². The molecular weight excluding hydrogens is 492 g/mol. The fourth-order valence-electron chi connectivity index (χ4n) is 3.80. The molecule has 0 unspecified atom stereocenters. The van der Waals surface area contributed by atoms with Gasteiger partial charge in [0.1, 0.15) is 6.61 Å². The Morgan fingerprint density at radius 2 is 1.36 bits per heavy atom. The van der Waals surface area contributed by atoms with Crippen LogP contribution in [0.2, 0.25) is 0 Å². The van der Waals surface area contributed by atoms with Gasteiger partial charge in [-0.25, -0.2) is 0 Å². The molecule has 39 heavy (non-hydrogen) atoms. The van der Waals surface area contributed by atoms with Crippen LogP contribution in [0.25, 0.3) is 0 Å². The van der Waals surface area contributed by atoms with Crippen LogP contribution in [-0.4, -0.2) is 47.6 Å². The third kappa shape index (κ3) is 27.2. The van der Waals surface area contributed by atoms with Crippen molar-refractivity contribution in [1.29, 1.82) is 0 Å². The number of rotatable bonds is 26. The molecule has 224 valence electrons. The average molecular weight is 549 g/mol. The van der Waals surface area contributed by atoms with E-state index in [0.717, 1.165) is 38.5 Å². The third-order valence-electron chi connectivity index (χ3n) is 6.21. The van der Waals surface area contributed by atoms with Crippen LogP contribution >= 0.6 is 0 Å². The van der Waals surface area contributed by atoms with Crippen LogP contribution in [0.5, 0.6) is 0 Å². The first-order valence-electron chi connectivity index (χ1n) is 15.3. The second-order valence-corrected chi connectivity index (χ2v) is 10.0. The highest BCUT2D eigenvalue weighted by Gasteiger charge is 2.15. The molecule has 0 aliphatic heterocycles. The van der Waals surface area contributed by atoms with E-state index in [0.29, 0.717) is 19.3 Å². The third-order valence-corrected chi connectivity index (χ3v) is 6.21. The lowest BCUT2D eigenvalue weighted by molar-refractivity contribution is -0.161. The van der Waals surface area contributed by atoms with Gasteiger partial charge in [0.25, 0.3) is 0 Å². The first-order valence-corrected chi connectivity index (χ1v) is 15.3. The summed E-state index contributed by atoms with van der Waals surface area (Å²) < 4.78 is 10.4. The average Bonchev–Trinajstić information content (AvgIpc) is 2.93. The number of hydrogen-bond acceptors (Lipinski definition) is 6. The summed E-state index contributed by atoms with van der Waals surface area (Å²) in [5.74, 6) is -0.711. The van der Waals surface area contributed by atoms with Crippen LogP contribution in [0.15, 0.2) is 48.6 Å². The molecular formula is C33H56O6. The van der Waals surface area contributed by atoms with Crippen LogP contribution in [0, 0.1) is 0 Å².